The van der Waals surface area contributed by atoms with Gasteiger partial charge in [-0.1, -0.05) is 6.42 Å². The van der Waals surface area contributed by atoms with Crippen LogP contribution in [0.25, 0.3) is 0 Å². The SMILES string of the molecule is O=CNCCCCCC(=O)N1CCCCC1. The van der Waals surface area contributed by atoms with Crippen molar-refractivity contribution >= 4 is 12.3 Å². The number of likely N-dealkylation sites (tertiary alicyclic amines) is 1. The lowest BCUT2D eigenvalue weighted by atomic mass is 10.1. The van der Waals surface area contributed by atoms with Gasteiger partial charge >= 0.3 is 0 Å². The monoisotopic (exact) mass is 226 g/mol. The second-order valence-corrected chi connectivity index (χ2v) is 4.32. The fourth-order valence-corrected chi connectivity index (χ4v) is 2.04. The Morgan fingerprint density at radius 1 is 1.12 bits per heavy atom. The summed E-state index contributed by atoms with van der Waals surface area (Å²) in [6, 6.07) is 0. The summed E-state index contributed by atoms with van der Waals surface area (Å²) >= 11 is 0. The first kappa shape index (κ1) is 13.0. The topological polar surface area (TPSA) is 49.4 Å². The molecule has 1 aliphatic rings. The molecule has 0 unspecified atom stereocenters. The van der Waals surface area contributed by atoms with Crippen molar-refractivity contribution in [3.63, 3.8) is 0 Å². The van der Waals surface area contributed by atoms with Gasteiger partial charge in [0.2, 0.25) is 12.3 Å². The number of piperidine rings is 1. The highest BCUT2D eigenvalue weighted by Crippen LogP contribution is 2.11. The lowest BCUT2D eigenvalue weighted by Gasteiger charge is -2.26. The van der Waals surface area contributed by atoms with E-state index in [-0.39, 0.29) is 0 Å². The second-order valence-electron chi connectivity index (χ2n) is 4.32. The van der Waals surface area contributed by atoms with E-state index in [1.54, 1.807) is 0 Å². The van der Waals surface area contributed by atoms with Gasteiger partial charge in [0.05, 0.1) is 0 Å². The average Bonchev–Trinajstić information content (AvgIpc) is 2.34. The number of carbonyl (C=O) groups is 2. The maximum absolute atomic E-state index is 11.7. The highest BCUT2D eigenvalue weighted by Gasteiger charge is 2.15. The molecule has 0 aliphatic carbocycles. The summed E-state index contributed by atoms with van der Waals surface area (Å²) in [4.78, 5) is 23.7. The summed E-state index contributed by atoms with van der Waals surface area (Å²) in [5.74, 6) is 0.308. The molecule has 1 heterocycles. The Morgan fingerprint density at radius 3 is 2.56 bits per heavy atom. The van der Waals surface area contributed by atoms with E-state index in [4.69, 9.17) is 0 Å². The number of carbonyl (C=O) groups excluding carboxylic acids is 2. The van der Waals surface area contributed by atoms with Gasteiger partial charge in [0.1, 0.15) is 0 Å². The Balaban J connectivity index is 1.99. The van der Waals surface area contributed by atoms with Crippen molar-refractivity contribution < 1.29 is 9.59 Å². The molecule has 0 spiro atoms. The molecule has 1 fully saturated rings. The first-order chi connectivity index (χ1) is 7.84. The van der Waals surface area contributed by atoms with Gasteiger partial charge in [0.15, 0.2) is 0 Å². The van der Waals surface area contributed by atoms with Gasteiger partial charge in [-0.05, 0) is 32.1 Å². The molecule has 2 amide bonds. The van der Waals surface area contributed by atoms with Crippen molar-refractivity contribution in [3.05, 3.63) is 0 Å². The van der Waals surface area contributed by atoms with E-state index < -0.39 is 0 Å². The largest absolute Gasteiger partial charge is 0.359 e. The minimum Gasteiger partial charge on any atom is -0.359 e. The van der Waals surface area contributed by atoms with Crippen LogP contribution in [0.1, 0.15) is 44.9 Å². The lowest BCUT2D eigenvalue weighted by molar-refractivity contribution is -0.132. The van der Waals surface area contributed by atoms with Gasteiger partial charge < -0.3 is 10.2 Å². The predicted molar refractivity (Wildman–Crippen MR) is 63.0 cm³/mol. The van der Waals surface area contributed by atoms with Crippen molar-refractivity contribution in [2.45, 2.75) is 44.9 Å². The summed E-state index contributed by atoms with van der Waals surface area (Å²) in [5.41, 5.74) is 0. The molecular weight excluding hydrogens is 204 g/mol. The zero-order chi connectivity index (χ0) is 11.6. The van der Waals surface area contributed by atoms with Gasteiger partial charge in [-0.15, -0.1) is 0 Å². The van der Waals surface area contributed by atoms with Crippen LogP contribution >= 0.6 is 0 Å². The van der Waals surface area contributed by atoms with Gasteiger partial charge in [-0.25, -0.2) is 0 Å². The van der Waals surface area contributed by atoms with Crippen LogP contribution in [-0.2, 0) is 9.59 Å². The summed E-state index contributed by atoms with van der Waals surface area (Å²) < 4.78 is 0. The number of rotatable bonds is 7. The van der Waals surface area contributed by atoms with Crippen molar-refractivity contribution in [1.82, 2.24) is 10.2 Å². The van der Waals surface area contributed by atoms with E-state index in [2.05, 4.69) is 5.32 Å². The molecule has 0 saturated carbocycles. The Morgan fingerprint density at radius 2 is 1.88 bits per heavy atom. The van der Waals surface area contributed by atoms with Gasteiger partial charge in [-0.2, -0.15) is 0 Å². The summed E-state index contributed by atoms with van der Waals surface area (Å²) in [7, 11) is 0. The van der Waals surface area contributed by atoms with Crippen molar-refractivity contribution in [3.8, 4) is 0 Å². The third-order valence-electron chi connectivity index (χ3n) is 3.00. The van der Waals surface area contributed by atoms with Crippen molar-refractivity contribution in [2.75, 3.05) is 19.6 Å². The zero-order valence-electron chi connectivity index (χ0n) is 9.91. The van der Waals surface area contributed by atoms with E-state index in [1.165, 1.54) is 6.42 Å². The highest BCUT2D eigenvalue weighted by molar-refractivity contribution is 5.76. The molecule has 0 atom stereocenters. The van der Waals surface area contributed by atoms with Crippen molar-refractivity contribution in [2.24, 2.45) is 0 Å². The summed E-state index contributed by atoms with van der Waals surface area (Å²) in [6.45, 7) is 2.62. The quantitative estimate of drug-likeness (QED) is 0.525. The van der Waals surface area contributed by atoms with Gasteiger partial charge in [0, 0.05) is 26.1 Å². The van der Waals surface area contributed by atoms with E-state index >= 15 is 0 Å². The maximum Gasteiger partial charge on any atom is 0.222 e. The Hall–Kier alpha value is -1.06. The van der Waals surface area contributed by atoms with Crippen LogP contribution in [0.2, 0.25) is 0 Å². The van der Waals surface area contributed by atoms with Gasteiger partial charge in [-0.3, -0.25) is 9.59 Å². The van der Waals surface area contributed by atoms with Crippen LogP contribution in [0, 0.1) is 0 Å². The van der Waals surface area contributed by atoms with Crippen LogP contribution in [0.3, 0.4) is 0 Å². The van der Waals surface area contributed by atoms with Crippen LogP contribution in [0.5, 0.6) is 0 Å². The molecule has 16 heavy (non-hydrogen) atoms. The molecule has 92 valence electrons. The van der Waals surface area contributed by atoms with Crippen LogP contribution < -0.4 is 5.32 Å². The average molecular weight is 226 g/mol. The molecule has 1 N–H and O–H groups in total. The molecule has 0 radical (unpaired) electrons. The van der Waals surface area contributed by atoms with Crippen LogP contribution in [-0.4, -0.2) is 36.9 Å². The minimum absolute atomic E-state index is 0.308. The number of nitrogens with one attached hydrogen (secondary N) is 1. The molecule has 0 aromatic carbocycles. The van der Waals surface area contributed by atoms with E-state index in [9.17, 15) is 9.59 Å². The van der Waals surface area contributed by atoms with Gasteiger partial charge in [0.25, 0.3) is 0 Å². The minimum atomic E-state index is 0.308. The van der Waals surface area contributed by atoms with Crippen LogP contribution in [0.15, 0.2) is 0 Å². The highest BCUT2D eigenvalue weighted by atomic mass is 16.2. The van der Waals surface area contributed by atoms with E-state index in [1.807, 2.05) is 4.90 Å². The third kappa shape index (κ3) is 5.14. The number of hydrogen-bond donors (Lipinski definition) is 1. The Labute approximate surface area is 97.4 Å². The molecule has 0 bridgehead atoms. The number of unbranched alkanes of at least 4 members (excludes halogenated alkanes) is 2. The zero-order valence-corrected chi connectivity index (χ0v) is 9.91. The number of nitrogens with zero attached hydrogens (tertiary/aromatic N) is 1. The fourth-order valence-electron chi connectivity index (χ4n) is 2.04. The Kier molecular flexibility index (Phi) is 6.61. The Bertz CT molecular complexity index is 213. The molecule has 4 nitrogen and oxygen atoms in total. The van der Waals surface area contributed by atoms with Crippen LogP contribution in [0.4, 0.5) is 0 Å². The molecule has 0 aromatic rings. The molecule has 1 aliphatic heterocycles. The maximum atomic E-state index is 11.7. The summed E-state index contributed by atoms with van der Waals surface area (Å²) in [6.07, 6.45) is 7.90. The second kappa shape index (κ2) is 8.13. The molecule has 4 heteroatoms. The summed E-state index contributed by atoms with van der Waals surface area (Å²) in [5, 5.41) is 2.62. The first-order valence-electron chi connectivity index (χ1n) is 6.29. The van der Waals surface area contributed by atoms with E-state index in [0.29, 0.717) is 12.3 Å². The molecule has 1 rings (SSSR count). The smallest absolute Gasteiger partial charge is 0.222 e. The third-order valence-corrected chi connectivity index (χ3v) is 3.00. The lowest BCUT2D eigenvalue weighted by Crippen LogP contribution is -2.35. The standard InChI is InChI=1S/C12H22N2O2/c15-11-13-8-4-1-3-7-12(16)14-9-5-2-6-10-14/h11H,1-10H2,(H,13,15). The number of hydrogen-bond acceptors (Lipinski definition) is 2. The molecule has 0 aromatic heterocycles. The fraction of sp³-hybridized carbons (Fsp3) is 0.833. The molecular formula is C12H22N2O2. The first-order valence-corrected chi connectivity index (χ1v) is 6.29. The molecule has 1 saturated heterocycles. The number of amides is 2. The normalized spacial score (nSPS) is 15.9. The van der Waals surface area contributed by atoms with Crippen molar-refractivity contribution in [1.29, 1.82) is 0 Å². The predicted octanol–water partition coefficient (Wildman–Crippen LogP) is 1.31. The van der Waals surface area contributed by atoms with E-state index in [0.717, 1.165) is 58.1 Å².